The molecule has 1 aromatic carbocycles. The van der Waals surface area contributed by atoms with Crippen molar-refractivity contribution in [3.8, 4) is 0 Å². The van der Waals surface area contributed by atoms with Crippen molar-refractivity contribution in [1.29, 1.82) is 0 Å². The molecule has 1 saturated carbocycles. The molecule has 1 amide bonds. The van der Waals surface area contributed by atoms with Gasteiger partial charge in [-0.25, -0.2) is 0 Å². The molecule has 0 spiro atoms. The smallest absolute Gasteiger partial charge is 0.223 e. The van der Waals surface area contributed by atoms with Crippen LogP contribution in [0.3, 0.4) is 0 Å². The molecule has 1 aromatic rings. The number of amides is 1. The van der Waals surface area contributed by atoms with Crippen LogP contribution < -0.4 is 5.32 Å². The van der Waals surface area contributed by atoms with Crippen LogP contribution in [0.15, 0.2) is 24.3 Å². The second kappa shape index (κ2) is 7.88. The van der Waals surface area contributed by atoms with Crippen molar-refractivity contribution in [1.82, 2.24) is 10.2 Å². The quantitative estimate of drug-likeness (QED) is 0.876. The van der Waals surface area contributed by atoms with Crippen molar-refractivity contribution < 1.29 is 4.79 Å². The fraction of sp³-hybridized carbons (Fsp3) is 0.650. The van der Waals surface area contributed by atoms with E-state index >= 15 is 0 Å². The molecule has 2 aliphatic carbocycles. The number of rotatable bonds is 5. The van der Waals surface area contributed by atoms with Gasteiger partial charge in [0, 0.05) is 12.5 Å². The summed E-state index contributed by atoms with van der Waals surface area (Å²) >= 11 is 0. The maximum atomic E-state index is 13.0. The van der Waals surface area contributed by atoms with E-state index in [9.17, 15) is 4.79 Å². The number of fused-ring (bicyclic) bond motifs is 1. The Balaban J connectivity index is 0.00000169. The molecule has 3 nitrogen and oxygen atoms in total. The van der Waals surface area contributed by atoms with Crippen molar-refractivity contribution in [2.24, 2.45) is 5.92 Å². The third kappa shape index (κ3) is 3.78. The van der Waals surface area contributed by atoms with E-state index in [1.807, 2.05) is 0 Å². The Bertz CT molecular complexity index is 567. The normalized spacial score (nSPS) is 25.7. The van der Waals surface area contributed by atoms with Gasteiger partial charge in [-0.15, -0.1) is 12.4 Å². The van der Waals surface area contributed by atoms with Crippen LogP contribution in [-0.4, -0.2) is 29.9 Å². The van der Waals surface area contributed by atoms with Gasteiger partial charge in [0.05, 0.1) is 6.04 Å². The summed E-state index contributed by atoms with van der Waals surface area (Å²) in [5.74, 6) is 1.11. The zero-order chi connectivity index (χ0) is 15.6. The zero-order valence-electron chi connectivity index (χ0n) is 14.4. The summed E-state index contributed by atoms with van der Waals surface area (Å²) in [5.41, 5.74) is 2.88. The second-order valence-corrected chi connectivity index (χ2v) is 7.54. The largest absolute Gasteiger partial charge is 0.333 e. The molecule has 0 bridgehead atoms. The lowest BCUT2D eigenvalue weighted by Gasteiger charge is -2.36. The highest BCUT2D eigenvalue weighted by molar-refractivity contribution is 5.85. The van der Waals surface area contributed by atoms with Crippen LogP contribution in [0.4, 0.5) is 0 Å². The molecule has 1 heterocycles. The van der Waals surface area contributed by atoms with Gasteiger partial charge in [0.2, 0.25) is 5.91 Å². The number of hydrogen-bond acceptors (Lipinski definition) is 2. The van der Waals surface area contributed by atoms with Gasteiger partial charge in [0.1, 0.15) is 0 Å². The maximum absolute atomic E-state index is 13.0. The van der Waals surface area contributed by atoms with Crippen LogP contribution in [0.25, 0.3) is 0 Å². The highest BCUT2D eigenvalue weighted by atomic mass is 35.5. The van der Waals surface area contributed by atoms with Crippen molar-refractivity contribution in [3.63, 3.8) is 0 Å². The van der Waals surface area contributed by atoms with E-state index in [2.05, 4.69) is 34.5 Å². The Hall–Kier alpha value is -1.06. The van der Waals surface area contributed by atoms with E-state index < -0.39 is 0 Å². The lowest BCUT2D eigenvalue weighted by atomic mass is 9.86. The Kier molecular flexibility index (Phi) is 5.83. The molecule has 4 rings (SSSR count). The summed E-state index contributed by atoms with van der Waals surface area (Å²) in [6.45, 7) is 2.23. The lowest BCUT2D eigenvalue weighted by Crippen LogP contribution is -2.38. The molecule has 0 radical (unpaired) electrons. The Morgan fingerprint density at radius 2 is 2.00 bits per heavy atom. The van der Waals surface area contributed by atoms with Crippen LogP contribution in [0.5, 0.6) is 0 Å². The Morgan fingerprint density at radius 1 is 1.17 bits per heavy atom. The molecule has 3 aliphatic rings. The number of benzene rings is 1. The summed E-state index contributed by atoms with van der Waals surface area (Å²) < 4.78 is 0. The predicted molar refractivity (Wildman–Crippen MR) is 99.4 cm³/mol. The first kappa shape index (κ1) is 17.8. The number of nitrogens with one attached hydrogen (secondary N) is 1. The van der Waals surface area contributed by atoms with Gasteiger partial charge < -0.3 is 10.2 Å². The number of aryl methyl sites for hydroxylation is 1. The summed E-state index contributed by atoms with van der Waals surface area (Å²) in [4.78, 5) is 15.3. The number of hydrogen-bond donors (Lipinski definition) is 1. The minimum absolute atomic E-state index is 0. The first-order valence-corrected chi connectivity index (χ1v) is 9.42. The Labute approximate surface area is 151 Å². The first-order chi connectivity index (χ1) is 11.3. The SMILES string of the molecule is Cl.O=C(CCC1CCNC1)N(C1CC1)C1CCCc2ccccc21. The minimum atomic E-state index is 0. The number of halogens is 1. The van der Waals surface area contributed by atoms with Crippen LogP contribution >= 0.6 is 12.4 Å². The van der Waals surface area contributed by atoms with Crippen LogP contribution in [0, 0.1) is 5.92 Å². The fourth-order valence-electron chi connectivity index (χ4n) is 4.42. The van der Waals surface area contributed by atoms with Gasteiger partial charge in [-0.2, -0.15) is 0 Å². The van der Waals surface area contributed by atoms with Crippen LogP contribution in [-0.2, 0) is 11.2 Å². The molecule has 4 heteroatoms. The van der Waals surface area contributed by atoms with E-state index in [4.69, 9.17) is 0 Å². The van der Waals surface area contributed by atoms with E-state index in [1.54, 1.807) is 0 Å². The highest BCUT2D eigenvalue weighted by Gasteiger charge is 2.39. The minimum Gasteiger partial charge on any atom is -0.333 e. The molecule has 2 atom stereocenters. The Morgan fingerprint density at radius 3 is 2.75 bits per heavy atom. The monoisotopic (exact) mass is 348 g/mol. The van der Waals surface area contributed by atoms with Gasteiger partial charge in [0.25, 0.3) is 0 Å². The van der Waals surface area contributed by atoms with E-state index in [0.717, 1.165) is 32.4 Å². The zero-order valence-corrected chi connectivity index (χ0v) is 15.2. The number of carbonyl (C=O) groups is 1. The standard InChI is InChI=1S/C20H28N2O.ClH/c23-20(11-8-15-12-13-21-14-15)22(17-9-10-17)19-7-3-5-16-4-1-2-6-18(16)19;/h1-2,4,6,15,17,19,21H,3,5,7-14H2;1H. The van der Waals surface area contributed by atoms with Gasteiger partial charge in [0.15, 0.2) is 0 Å². The van der Waals surface area contributed by atoms with E-state index in [-0.39, 0.29) is 12.4 Å². The predicted octanol–water partition coefficient (Wildman–Crippen LogP) is 3.87. The summed E-state index contributed by atoms with van der Waals surface area (Å²) in [6, 6.07) is 9.63. The first-order valence-electron chi connectivity index (χ1n) is 9.42. The molecular weight excluding hydrogens is 320 g/mol. The molecule has 2 unspecified atom stereocenters. The van der Waals surface area contributed by atoms with E-state index in [0.29, 0.717) is 23.9 Å². The van der Waals surface area contributed by atoms with Crippen molar-refractivity contribution in [2.45, 2.75) is 63.5 Å². The molecule has 132 valence electrons. The summed E-state index contributed by atoms with van der Waals surface area (Å²) in [7, 11) is 0. The molecule has 0 aromatic heterocycles. The van der Waals surface area contributed by atoms with Gasteiger partial charge in [-0.3, -0.25) is 4.79 Å². The van der Waals surface area contributed by atoms with Crippen molar-refractivity contribution in [3.05, 3.63) is 35.4 Å². The lowest BCUT2D eigenvalue weighted by molar-refractivity contribution is -0.135. The highest BCUT2D eigenvalue weighted by Crippen LogP contribution is 2.41. The van der Waals surface area contributed by atoms with Crippen LogP contribution in [0.1, 0.15) is 62.1 Å². The topological polar surface area (TPSA) is 32.3 Å². The van der Waals surface area contributed by atoms with Gasteiger partial charge >= 0.3 is 0 Å². The maximum Gasteiger partial charge on any atom is 0.223 e. The number of carbonyl (C=O) groups excluding carboxylic acids is 1. The third-order valence-electron chi connectivity index (χ3n) is 5.83. The van der Waals surface area contributed by atoms with Crippen LogP contribution in [0.2, 0.25) is 0 Å². The average Bonchev–Trinajstić information content (AvgIpc) is 3.27. The van der Waals surface area contributed by atoms with E-state index in [1.165, 1.54) is 43.2 Å². The molecule has 1 saturated heterocycles. The molecular formula is C20H29ClN2O. The van der Waals surface area contributed by atoms with Gasteiger partial charge in [-0.05, 0) is 75.1 Å². The average molecular weight is 349 g/mol. The third-order valence-corrected chi connectivity index (χ3v) is 5.83. The fourth-order valence-corrected chi connectivity index (χ4v) is 4.42. The molecule has 1 N–H and O–H groups in total. The molecule has 1 aliphatic heterocycles. The second-order valence-electron chi connectivity index (χ2n) is 7.54. The molecule has 2 fully saturated rings. The van der Waals surface area contributed by atoms with Gasteiger partial charge in [-0.1, -0.05) is 24.3 Å². The molecule has 24 heavy (non-hydrogen) atoms. The summed E-state index contributed by atoms with van der Waals surface area (Å²) in [6.07, 6.45) is 8.97. The summed E-state index contributed by atoms with van der Waals surface area (Å²) in [5, 5.41) is 3.41. The van der Waals surface area contributed by atoms with Crippen molar-refractivity contribution in [2.75, 3.05) is 13.1 Å². The van der Waals surface area contributed by atoms with Crippen molar-refractivity contribution >= 4 is 18.3 Å². The number of nitrogens with zero attached hydrogens (tertiary/aromatic N) is 1.